The van der Waals surface area contributed by atoms with E-state index in [9.17, 15) is 4.79 Å². The predicted molar refractivity (Wildman–Crippen MR) is 83.3 cm³/mol. The molecule has 1 aromatic heterocycles. The summed E-state index contributed by atoms with van der Waals surface area (Å²) in [5, 5.41) is 8.00. The molecule has 0 N–H and O–H groups in total. The van der Waals surface area contributed by atoms with E-state index in [4.69, 9.17) is 0 Å². The van der Waals surface area contributed by atoms with E-state index in [1.807, 2.05) is 24.5 Å². The van der Waals surface area contributed by atoms with Crippen LogP contribution in [0.1, 0.15) is 39.9 Å². The van der Waals surface area contributed by atoms with Crippen LogP contribution in [-0.4, -0.2) is 16.0 Å². The zero-order valence-corrected chi connectivity index (χ0v) is 13.2. The quantitative estimate of drug-likeness (QED) is 0.735. The first-order valence-corrected chi connectivity index (χ1v) is 8.09. The second kappa shape index (κ2) is 4.73. The lowest BCUT2D eigenvalue weighted by atomic mass is 9.76. The van der Waals surface area contributed by atoms with Crippen LogP contribution in [0.3, 0.4) is 0 Å². The lowest BCUT2D eigenvalue weighted by Gasteiger charge is -2.25. The highest BCUT2D eigenvalue weighted by molar-refractivity contribution is 9.10. The van der Waals surface area contributed by atoms with Gasteiger partial charge in [-0.05, 0) is 60.9 Å². The van der Waals surface area contributed by atoms with Crippen molar-refractivity contribution in [2.45, 2.75) is 32.1 Å². The van der Waals surface area contributed by atoms with Crippen molar-refractivity contribution in [3.63, 3.8) is 0 Å². The average molecular weight is 343 g/mol. The van der Waals surface area contributed by atoms with E-state index in [0.29, 0.717) is 5.78 Å². The number of nitrogens with zero attached hydrogens (tertiary/aromatic N) is 2. The number of hydrogen-bond donors (Lipinski definition) is 0. The molecule has 1 heterocycles. The molecule has 0 saturated heterocycles. The van der Waals surface area contributed by atoms with E-state index in [1.165, 1.54) is 16.7 Å². The molecule has 1 unspecified atom stereocenters. The monoisotopic (exact) mass is 342 g/mol. The Morgan fingerprint density at radius 2 is 1.81 bits per heavy atom. The van der Waals surface area contributed by atoms with Gasteiger partial charge in [0.05, 0.1) is 12.4 Å². The summed E-state index contributed by atoms with van der Waals surface area (Å²) in [5.41, 5.74) is 4.27. The molecule has 0 amide bonds. The van der Waals surface area contributed by atoms with E-state index < -0.39 is 0 Å². The lowest BCUT2D eigenvalue weighted by molar-refractivity contribution is 0.0804. The maximum atomic E-state index is 13.0. The number of carbonyl (C=O) groups is 1. The lowest BCUT2D eigenvalue weighted by Crippen LogP contribution is -2.30. The van der Waals surface area contributed by atoms with Gasteiger partial charge >= 0.3 is 0 Å². The molecule has 21 heavy (non-hydrogen) atoms. The third-order valence-electron chi connectivity index (χ3n) is 4.86. The normalized spacial score (nSPS) is 23.8. The Morgan fingerprint density at radius 3 is 2.67 bits per heavy atom. The van der Waals surface area contributed by atoms with Crippen molar-refractivity contribution in [2.24, 2.45) is 5.41 Å². The molecule has 0 fully saturated rings. The van der Waals surface area contributed by atoms with Crippen molar-refractivity contribution in [2.75, 3.05) is 0 Å². The predicted octanol–water partition coefficient (Wildman–Crippen LogP) is 3.54. The van der Waals surface area contributed by atoms with Crippen LogP contribution in [0.25, 0.3) is 0 Å². The number of Topliss-reactive ketones (excluding diaryl/α,β-unsaturated/α-hetero) is 1. The molecule has 3 nitrogen and oxygen atoms in total. The van der Waals surface area contributed by atoms with Gasteiger partial charge in [-0.15, -0.1) is 0 Å². The molecule has 2 aliphatic carbocycles. The maximum Gasteiger partial charge on any atom is 0.169 e. The number of benzene rings is 1. The van der Waals surface area contributed by atoms with Crippen molar-refractivity contribution >= 4 is 21.7 Å². The molecule has 1 spiro atoms. The van der Waals surface area contributed by atoms with E-state index in [2.05, 4.69) is 32.2 Å². The highest BCUT2D eigenvalue weighted by Gasteiger charge is 2.46. The molecule has 2 aliphatic rings. The van der Waals surface area contributed by atoms with Gasteiger partial charge in [0.2, 0.25) is 0 Å². The first-order valence-electron chi connectivity index (χ1n) is 7.30. The van der Waals surface area contributed by atoms with Crippen molar-refractivity contribution in [1.29, 1.82) is 0 Å². The third-order valence-corrected chi connectivity index (χ3v) is 5.36. The second-order valence-corrected chi connectivity index (χ2v) is 7.07. The van der Waals surface area contributed by atoms with Gasteiger partial charge in [-0.3, -0.25) is 4.79 Å². The number of rotatable bonds is 0. The van der Waals surface area contributed by atoms with Crippen LogP contribution in [0.15, 0.2) is 35.1 Å². The first kappa shape index (κ1) is 13.1. The van der Waals surface area contributed by atoms with Crippen LogP contribution in [0.2, 0.25) is 0 Å². The van der Waals surface area contributed by atoms with Crippen LogP contribution in [0.4, 0.5) is 0 Å². The number of ketones is 1. The number of hydrogen-bond acceptors (Lipinski definition) is 3. The van der Waals surface area contributed by atoms with Crippen molar-refractivity contribution in [1.82, 2.24) is 10.2 Å². The fourth-order valence-corrected chi connectivity index (χ4v) is 4.18. The molecular weight excluding hydrogens is 328 g/mol. The largest absolute Gasteiger partial charge is 0.294 e. The topological polar surface area (TPSA) is 42.9 Å². The van der Waals surface area contributed by atoms with Gasteiger partial charge in [-0.2, -0.15) is 10.2 Å². The van der Waals surface area contributed by atoms with Crippen LogP contribution in [-0.2, 0) is 19.3 Å². The van der Waals surface area contributed by atoms with E-state index in [-0.39, 0.29) is 5.41 Å². The van der Waals surface area contributed by atoms with Gasteiger partial charge in [0.1, 0.15) is 0 Å². The minimum absolute atomic E-state index is 0.266. The first-order chi connectivity index (χ1) is 10.2. The van der Waals surface area contributed by atoms with Crippen LogP contribution < -0.4 is 0 Å². The third kappa shape index (κ3) is 2.04. The molecule has 0 radical (unpaired) electrons. The standard InChI is InChI=1S/C17H15BrN2O/c18-14-4-3-11-7-17(16(21)15(11)6-14)5-1-2-12-9-19-20-10-13(12)8-17/h3-4,6,9-10H,1-2,5,7-8H2. The van der Waals surface area contributed by atoms with Gasteiger partial charge in [0, 0.05) is 15.5 Å². The highest BCUT2D eigenvalue weighted by atomic mass is 79.9. The Hall–Kier alpha value is -1.55. The number of halogens is 1. The zero-order chi connectivity index (χ0) is 14.4. The van der Waals surface area contributed by atoms with Gasteiger partial charge in [0.25, 0.3) is 0 Å². The molecule has 0 bridgehead atoms. The minimum atomic E-state index is -0.266. The molecule has 106 valence electrons. The van der Waals surface area contributed by atoms with E-state index in [0.717, 1.165) is 42.1 Å². The van der Waals surface area contributed by atoms with Gasteiger partial charge in [-0.25, -0.2) is 0 Å². The Balaban J connectivity index is 1.78. The van der Waals surface area contributed by atoms with Crippen LogP contribution in [0.5, 0.6) is 0 Å². The van der Waals surface area contributed by atoms with Crippen LogP contribution in [0, 0.1) is 5.41 Å². The maximum absolute atomic E-state index is 13.0. The fourth-order valence-electron chi connectivity index (χ4n) is 3.82. The summed E-state index contributed by atoms with van der Waals surface area (Å²) in [6.07, 6.45) is 8.34. The molecule has 1 atom stereocenters. The fraction of sp³-hybridized carbons (Fsp3) is 0.353. The summed E-state index contributed by atoms with van der Waals surface area (Å²) >= 11 is 3.48. The number of carbonyl (C=O) groups excluding carboxylic acids is 1. The second-order valence-electron chi connectivity index (χ2n) is 6.16. The van der Waals surface area contributed by atoms with E-state index >= 15 is 0 Å². The molecule has 4 heteroatoms. The summed E-state index contributed by atoms with van der Waals surface area (Å²) in [4.78, 5) is 13.0. The number of aromatic nitrogens is 2. The minimum Gasteiger partial charge on any atom is -0.294 e. The van der Waals surface area contributed by atoms with Crippen molar-refractivity contribution < 1.29 is 4.79 Å². The molecule has 2 aromatic rings. The van der Waals surface area contributed by atoms with Crippen molar-refractivity contribution in [3.8, 4) is 0 Å². The Kier molecular flexibility index (Phi) is 2.96. The van der Waals surface area contributed by atoms with Gasteiger partial charge in [0.15, 0.2) is 5.78 Å². The Morgan fingerprint density at radius 1 is 1.05 bits per heavy atom. The molecule has 1 aromatic carbocycles. The average Bonchev–Trinajstić information content (AvgIpc) is 2.65. The van der Waals surface area contributed by atoms with Gasteiger partial charge in [-0.1, -0.05) is 22.0 Å². The smallest absolute Gasteiger partial charge is 0.169 e. The highest BCUT2D eigenvalue weighted by Crippen LogP contribution is 2.45. The molecule has 0 saturated carbocycles. The molecular formula is C17H15BrN2O. The van der Waals surface area contributed by atoms with E-state index in [1.54, 1.807) is 0 Å². The van der Waals surface area contributed by atoms with Gasteiger partial charge < -0.3 is 0 Å². The number of aryl methyl sites for hydroxylation is 1. The number of fused-ring (bicyclic) bond motifs is 2. The summed E-state index contributed by atoms with van der Waals surface area (Å²) in [7, 11) is 0. The molecule has 4 rings (SSSR count). The molecule has 0 aliphatic heterocycles. The SMILES string of the molecule is O=C1c2cc(Br)ccc2CC12CCCc1cnncc1C2. The Labute approximate surface area is 131 Å². The summed E-state index contributed by atoms with van der Waals surface area (Å²) in [6.45, 7) is 0. The zero-order valence-electron chi connectivity index (χ0n) is 11.6. The van der Waals surface area contributed by atoms with Crippen molar-refractivity contribution in [3.05, 3.63) is 57.3 Å². The summed E-state index contributed by atoms with van der Waals surface area (Å²) in [6, 6.07) is 6.09. The summed E-state index contributed by atoms with van der Waals surface area (Å²) in [5.74, 6) is 0.309. The Bertz CT molecular complexity index is 743. The summed E-state index contributed by atoms with van der Waals surface area (Å²) < 4.78 is 0.978. The van der Waals surface area contributed by atoms with Crippen LogP contribution >= 0.6 is 15.9 Å².